The molecule has 4 nitrogen and oxygen atoms in total. The van der Waals surface area contributed by atoms with Crippen LogP contribution < -0.4 is 5.32 Å². The van der Waals surface area contributed by atoms with Crippen LogP contribution in [0.2, 0.25) is 5.02 Å². The number of esters is 1. The van der Waals surface area contributed by atoms with Crippen molar-refractivity contribution in [1.82, 2.24) is 0 Å². The number of hydrogen-bond donors (Lipinski definition) is 1. The molecule has 25 heavy (non-hydrogen) atoms. The molecule has 0 saturated heterocycles. The molecule has 0 spiro atoms. The van der Waals surface area contributed by atoms with Gasteiger partial charge in [0, 0.05) is 16.0 Å². The van der Waals surface area contributed by atoms with Crippen molar-refractivity contribution in [3.05, 3.63) is 70.4 Å². The average Bonchev–Trinajstić information content (AvgIpc) is 2.99. The minimum atomic E-state index is -0.424. The second kappa shape index (κ2) is 7.72. The SMILES string of the molecule is CCOC(=O)c1oc2ccccc2c1C[NH2+][C@@H](C)c1ccccc1Cl. The maximum atomic E-state index is 12.3. The summed E-state index contributed by atoms with van der Waals surface area (Å²) in [6, 6.07) is 15.6. The zero-order valence-corrected chi connectivity index (χ0v) is 15.0. The first kappa shape index (κ1) is 17.5. The van der Waals surface area contributed by atoms with Gasteiger partial charge >= 0.3 is 5.97 Å². The number of fused-ring (bicyclic) bond motifs is 1. The van der Waals surface area contributed by atoms with E-state index in [9.17, 15) is 4.79 Å². The summed E-state index contributed by atoms with van der Waals surface area (Å²) in [4.78, 5) is 12.3. The second-order valence-electron chi connectivity index (χ2n) is 5.88. The molecule has 5 heteroatoms. The van der Waals surface area contributed by atoms with E-state index < -0.39 is 5.97 Å². The summed E-state index contributed by atoms with van der Waals surface area (Å²) in [5.74, 6) is -0.141. The Labute approximate surface area is 151 Å². The molecule has 0 bridgehead atoms. The van der Waals surface area contributed by atoms with Crippen LogP contribution in [-0.4, -0.2) is 12.6 Å². The van der Waals surface area contributed by atoms with E-state index in [2.05, 4.69) is 12.2 Å². The Morgan fingerprint density at radius 3 is 2.68 bits per heavy atom. The van der Waals surface area contributed by atoms with Crippen LogP contribution in [0.15, 0.2) is 52.9 Å². The van der Waals surface area contributed by atoms with Gasteiger partial charge in [0.2, 0.25) is 5.76 Å². The molecular weight excluding hydrogens is 338 g/mol. The lowest BCUT2D eigenvalue weighted by Gasteiger charge is -2.12. The van der Waals surface area contributed by atoms with Crippen LogP contribution in [0.3, 0.4) is 0 Å². The molecule has 3 aromatic rings. The predicted molar refractivity (Wildman–Crippen MR) is 97.7 cm³/mol. The molecule has 2 N–H and O–H groups in total. The lowest BCUT2D eigenvalue weighted by atomic mass is 10.1. The largest absolute Gasteiger partial charge is 0.460 e. The van der Waals surface area contributed by atoms with Gasteiger partial charge in [0.15, 0.2) is 0 Å². The fraction of sp³-hybridized carbons (Fsp3) is 0.250. The zero-order chi connectivity index (χ0) is 17.8. The Hall–Kier alpha value is -2.30. The highest BCUT2D eigenvalue weighted by molar-refractivity contribution is 6.31. The van der Waals surface area contributed by atoms with E-state index >= 15 is 0 Å². The lowest BCUT2D eigenvalue weighted by Crippen LogP contribution is -2.83. The molecule has 3 rings (SSSR count). The predicted octanol–water partition coefficient (Wildman–Crippen LogP) is 4.09. The Morgan fingerprint density at radius 1 is 1.20 bits per heavy atom. The Kier molecular flexibility index (Phi) is 5.41. The molecule has 130 valence electrons. The first-order valence-electron chi connectivity index (χ1n) is 8.37. The van der Waals surface area contributed by atoms with E-state index in [1.54, 1.807) is 6.92 Å². The number of halogens is 1. The minimum Gasteiger partial charge on any atom is -0.460 e. The molecule has 1 atom stereocenters. The molecule has 2 aromatic carbocycles. The number of carbonyl (C=O) groups is 1. The average molecular weight is 359 g/mol. The van der Waals surface area contributed by atoms with Crippen LogP contribution in [0.1, 0.15) is 41.6 Å². The van der Waals surface area contributed by atoms with Crippen LogP contribution >= 0.6 is 11.6 Å². The van der Waals surface area contributed by atoms with Gasteiger partial charge < -0.3 is 14.5 Å². The van der Waals surface area contributed by atoms with E-state index in [0.29, 0.717) is 18.7 Å². The summed E-state index contributed by atoms with van der Waals surface area (Å²) in [7, 11) is 0. The Balaban J connectivity index is 1.88. The fourth-order valence-electron chi connectivity index (χ4n) is 2.93. The molecule has 0 aliphatic rings. The quantitative estimate of drug-likeness (QED) is 0.675. The van der Waals surface area contributed by atoms with Gasteiger partial charge in [-0.05, 0) is 26.0 Å². The smallest absolute Gasteiger partial charge is 0.374 e. The van der Waals surface area contributed by atoms with Crippen molar-refractivity contribution >= 4 is 28.5 Å². The molecule has 1 aromatic heterocycles. The zero-order valence-electron chi connectivity index (χ0n) is 14.3. The molecular formula is C20H21ClNO3+. The van der Waals surface area contributed by atoms with E-state index in [4.69, 9.17) is 20.8 Å². The van der Waals surface area contributed by atoms with Crippen LogP contribution in [0.4, 0.5) is 0 Å². The van der Waals surface area contributed by atoms with Crippen molar-refractivity contribution in [3.8, 4) is 0 Å². The number of rotatable bonds is 6. The number of quaternary nitrogens is 1. The molecule has 0 saturated carbocycles. The first-order chi connectivity index (χ1) is 12.1. The third kappa shape index (κ3) is 3.70. The van der Waals surface area contributed by atoms with Crippen molar-refractivity contribution in [2.24, 2.45) is 0 Å². The van der Waals surface area contributed by atoms with Crippen molar-refractivity contribution < 1.29 is 19.3 Å². The number of hydrogen-bond acceptors (Lipinski definition) is 3. The lowest BCUT2D eigenvalue weighted by molar-refractivity contribution is -0.707. The third-order valence-electron chi connectivity index (χ3n) is 4.23. The summed E-state index contributed by atoms with van der Waals surface area (Å²) >= 11 is 6.29. The molecule has 0 unspecified atom stereocenters. The van der Waals surface area contributed by atoms with Crippen LogP contribution in [0.25, 0.3) is 11.0 Å². The van der Waals surface area contributed by atoms with Gasteiger partial charge in [-0.25, -0.2) is 4.79 Å². The number of nitrogens with two attached hydrogens (primary N) is 1. The molecule has 0 radical (unpaired) electrons. The van der Waals surface area contributed by atoms with Gasteiger partial charge in [0.1, 0.15) is 18.2 Å². The second-order valence-corrected chi connectivity index (χ2v) is 6.28. The normalized spacial score (nSPS) is 12.3. The summed E-state index contributed by atoms with van der Waals surface area (Å²) in [6.07, 6.45) is 0. The van der Waals surface area contributed by atoms with Gasteiger partial charge in [-0.15, -0.1) is 0 Å². The van der Waals surface area contributed by atoms with Crippen LogP contribution in [0, 0.1) is 0 Å². The highest BCUT2D eigenvalue weighted by Gasteiger charge is 2.23. The highest BCUT2D eigenvalue weighted by Crippen LogP contribution is 2.26. The molecule has 1 heterocycles. The summed E-state index contributed by atoms with van der Waals surface area (Å²) < 4.78 is 10.9. The summed E-state index contributed by atoms with van der Waals surface area (Å²) in [5, 5.41) is 3.82. The van der Waals surface area contributed by atoms with E-state index in [0.717, 1.165) is 21.5 Å². The van der Waals surface area contributed by atoms with Gasteiger partial charge in [-0.2, -0.15) is 0 Å². The summed E-state index contributed by atoms with van der Waals surface area (Å²) in [5.41, 5.74) is 2.61. The maximum absolute atomic E-state index is 12.3. The number of para-hydroxylation sites is 1. The standard InChI is InChI=1S/C20H20ClNO3/c1-3-24-20(23)19-16(15-9-5-7-11-18(15)25-19)12-22-13(2)14-8-4-6-10-17(14)21/h4-11,13,22H,3,12H2,1-2H3/p+1/t13-/m0/s1. The van der Waals surface area contributed by atoms with Gasteiger partial charge in [0.25, 0.3) is 0 Å². The van der Waals surface area contributed by atoms with E-state index in [-0.39, 0.29) is 11.8 Å². The van der Waals surface area contributed by atoms with E-state index in [1.165, 1.54) is 0 Å². The number of benzene rings is 2. The van der Waals surface area contributed by atoms with Crippen molar-refractivity contribution in [2.45, 2.75) is 26.4 Å². The first-order valence-corrected chi connectivity index (χ1v) is 8.75. The topological polar surface area (TPSA) is 56.0 Å². The number of carbonyl (C=O) groups excluding carboxylic acids is 1. The number of ether oxygens (including phenoxy) is 1. The third-order valence-corrected chi connectivity index (χ3v) is 4.57. The van der Waals surface area contributed by atoms with Crippen molar-refractivity contribution in [3.63, 3.8) is 0 Å². The molecule has 0 aliphatic carbocycles. The van der Waals surface area contributed by atoms with Crippen LogP contribution in [-0.2, 0) is 11.3 Å². The molecule has 0 amide bonds. The van der Waals surface area contributed by atoms with Gasteiger partial charge in [-0.3, -0.25) is 0 Å². The summed E-state index contributed by atoms with van der Waals surface area (Å²) in [6.45, 7) is 4.78. The molecule has 0 fully saturated rings. The molecule has 0 aliphatic heterocycles. The monoisotopic (exact) mass is 358 g/mol. The van der Waals surface area contributed by atoms with Crippen molar-refractivity contribution in [1.29, 1.82) is 0 Å². The fourth-order valence-corrected chi connectivity index (χ4v) is 3.24. The minimum absolute atomic E-state index is 0.150. The van der Waals surface area contributed by atoms with Gasteiger partial charge in [-0.1, -0.05) is 48.0 Å². The van der Waals surface area contributed by atoms with Gasteiger partial charge in [0.05, 0.1) is 12.2 Å². The maximum Gasteiger partial charge on any atom is 0.374 e. The number of furan rings is 1. The van der Waals surface area contributed by atoms with Crippen molar-refractivity contribution in [2.75, 3.05) is 6.61 Å². The van der Waals surface area contributed by atoms with E-state index in [1.807, 2.05) is 48.5 Å². The highest BCUT2D eigenvalue weighted by atomic mass is 35.5. The Morgan fingerprint density at radius 2 is 1.92 bits per heavy atom. The Bertz CT molecular complexity index is 888. The van der Waals surface area contributed by atoms with Crippen LogP contribution in [0.5, 0.6) is 0 Å².